The molecule has 2 aliphatic carbocycles. The largest absolute Gasteiger partial charge is 0.336 e. The van der Waals surface area contributed by atoms with Gasteiger partial charge < -0.3 is 15.5 Å². The summed E-state index contributed by atoms with van der Waals surface area (Å²) in [6.07, 6.45) is 7.40. The van der Waals surface area contributed by atoms with Gasteiger partial charge in [0.2, 0.25) is 11.8 Å². The SMILES string of the molecule is CCC1CN(C(=O)C2CC3CCCC(C2)C3N)C(CC)CN1C(C)=O. The average Bonchev–Trinajstić information content (AvgIpc) is 2.59. The van der Waals surface area contributed by atoms with Gasteiger partial charge in [0.25, 0.3) is 0 Å². The van der Waals surface area contributed by atoms with E-state index in [-0.39, 0.29) is 23.9 Å². The summed E-state index contributed by atoms with van der Waals surface area (Å²) in [4.78, 5) is 29.5. The van der Waals surface area contributed by atoms with E-state index in [1.807, 2.05) is 4.90 Å². The van der Waals surface area contributed by atoms with Crippen LogP contribution in [-0.2, 0) is 9.59 Å². The van der Waals surface area contributed by atoms with Crippen LogP contribution in [0.25, 0.3) is 0 Å². The molecule has 2 amide bonds. The van der Waals surface area contributed by atoms with E-state index < -0.39 is 0 Å². The van der Waals surface area contributed by atoms with Gasteiger partial charge in [-0.2, -0.15) is 0 Å². The van der Waals surface area contributed by atoms with Gasteiger partial charge >= 0.3 is 0 Å². The summed E-state index contributed by atoms with van der Waals surface area (Å²) >= 11 is 0. The fourth-order valence-corrected chi connectivity index (χ4v) is 5.53. The molecule has 1 heterocycles. The molecule has 1 saturated heterocycles. The Labute approximate surface area is 152 Å². The van der Waals surface area contributed by atoms with Gasteiger partial charge in [0, 0.05) is 44.1 Å². The highest BCUT2D eigenvalue weighted by molar-refractivity contribution is 5.80. The van der Waals surface area contributed by atoms with Crippen LogP contribution in [0.3, 0.4) is 0 Å². The zero-order valence-electron chi connectivity index (χ0n) is 16.1. The molecule has 1 aliphatic heterocycles. The van der Waals surface area contributed by atoms with Gasteiger partial charge in [0.1, 0.15) is 0 Å². The predicted octanol–water partition coefficient (Wildman–Crippen LogP) is 2.39. The molecule has 2 saturated carbocycles. The summed E-state index contributed by atoms with van der Waals surface area (Å²) in [6, 6.07) is 0.627. The number of carbonyl (C=O) groups excluding carboxylic acids is 2. The first-order valence-electron chi connectivity index (χ1n) is 10.3. The van der Waals surface area contributed by atoms with Crippen LogP contribution in [0.15, 0.2) is 0 Å². The Morgan fingerprint density at radius 1 is 0.960 bits per heavy atom. The molecule has 5 nitrogen and oxygen atoms in total. The zero-order valence-corrected chi connectivity index (χ0v) is 16.1. The lowest BCUT2D eigenvalue weighted by Crippen LogP contribution is -2.62. The molecule has 4 unspecified atom stereocenters. The van der Waals surface area contributed by atoms with Gasteiger partial charge in [-0.15, -0.1) is 0 Å². The van der Waals surface area contributed by atoms with Gasteiger partial charge in [-0.25, -0.2) is 0 Å². The van der Waals surface area contributed by atoms with Crippen LogP contribution in [0.1, 0.15) is 65.7 Å². The summed E-state index contributed by atoms with van der Waals surface area (Å²) in [5.41, 5.74) is 6.40. The third-order valence-corrected chi connectivity index (χ3v) is 7.09. The smallest absolute Gasteiger partial charge is 0.226 e. The molecule has 4 atom stereocenters. The fourth-order valence-electron chi connectivity index (χ4n) is 5.53. The third-order valence-electron chi connectivity index (χ3n) is 7.09. The number of amides is 2. The Morgan fingerprint density at radius 3 is 2.00 bits per heavy atom. The molecule has 0 radical (unpaired) electrons. The molecule has 2 N–H and O–H groups in total. The molecule has 3 rings (SSSR count). The molecule has 0 spiro atoms. The Morgan fingerprint density at radius 2 is 1.48 bits per heavy atom. The Balaban J connectivity index is 1.73. The van der Waals surface area contributed by atoms with Gasteiger partial charge in [0.15, 0.2) is 0 Å². The average molecular weight is 350 g/mol. The molecule has 0 aromatic heterocycles. The standard InChI is InChI=1S/C20H35N3O2/c1-4-17-12-23(18(5-2)11-22(17)13(3)24)20(25)16-9-14-7-6-8-15(10-16)19(14)21/h14-19H,4-12,21H2,1-3H3. The van der Waals surface area contributed by atoms with Gasteiger partial charge in [0.05, 0.1) is 0 Å². The predicted molar refractivity (Wildman–Crippen MR) is 98.8 cm³/mol. The quantitative estimate of drug-likeness (QED) is 0.851. The second kappa shape index (κ2) is 7.65. The van der Waals surface area contributed by atoms with Crippen LogP contribution < -0.4 is 5.73 Å². The molecule has 142 valence electrons. The van der Waals surface area contributed by atoms with E-state index in [4.69, 9.17) is 5.73 Å². The minimum Gasteiger partial charge on any atom is -0.336 e. The number of piperazine rings is 1. The highest BCUT2D eigenvalue weighted by atomic mass is 16.2. The van der Waals surface area contributed by atoms with E-state index in [1.165, 1.54) is 19.3 Å². The number of carbonyl (C=O) groups is 2. The summed E-state index contributed by atoms with van der Waals surface area (Å²) < 4.78 is 0. The summed E-state index contributed by atoms with van der Waals surface area (Å²) in [5, 5.41) is 0. The molecular formula is C20H35N3O2. The van der Waals surface area contributed by atoms with Crippen LogP contribution in [0.5, 0.6) is 0 Å². The van der Waals surface area contributed by atoms with Crippen LogP contribution in [0, 0.1) is 17.8 Å². The van der Waals surface area contributed by atoms with Crippen molar-refractivity contribution in [1.82, 2.24) is 9.80 Å². The Hall–Kier alpha value is -1.10. The second-order valence-corrected chi connectivity index (χ2v) is 8.48. The zero-order chi connectivity index (χ0) is 18.1. The van der Waals surface area contributed by atoms with E-state index in [1.54, 1.807) is 6.92 Å². The lowest BCUT2D eigenvalue weighted by molar-refractivity contribution is -0.151. The van der Waals surface area contributed by atoms with Crippen LogP contribution >= 0.6 is 0 Å². The lowest BCUT2D eigenvalue weighted by atomic mass is 9.64. The van der Waals surface area contributed by atoms with Crippen molar-refractivity contribution in [3.05, 3.63) is 0 Å². The first-order valence-corrected chi connectivity index (χ1v) is 10.3. The van der Waals surface area contributed by atoms with Crippen molar-refractivity contribution in [2.75, 3.05) is 13.1 Å². The summed E-state index contributed by atoms with van der Waals surface area (Å²) in [5.74, 6) is 1.67. The van der Waals surface area contributed by atoms with E-state index in [2.05, 4.69) is 18.7 Å². The van der Waals surface area contributed by atoms with E-state index in [0.717, 1.165) is 25.7 Å². The Kier molecular flexibility index (Phi) is 5.71. The minimum atomic E-state index is 0.135. The number of hydrogen-bond acceptors (Lipinski definition) is 3. The molecule has 3 aliphatic rings. The highest BCUT2D eigenvalue weighted by Crippen LogP contribution is 2.42. The molecule has 2 bridgehead atoms. The van der Waals surface area contributed by atoms with Gasteiger partial charge in [-0.3, -0.25) is 9.59 Å². The molecule has 25 heavy (non-hydrogen) atoms. The van der Waals surface area contributed by atoms with Crippen molar-refractivity contribution in [3.8, 4) is 0 Å². The molecule has 0 aromatic carbocycles. The van der Waals surface area contributed by atoms with E-state index in [0.29, 0.717) is 36.9 Å². The maximum Gasteiger partial charge on any atom is 0.226 e. The maximum absolute atomic E-state index is 13.4. The third kappa shape index (κ3) is 3.57. The topological polar surface area (TPSA) is 66.6 Å². The van der Waals surface area contributed by atoms with E-state index >= 15 is 0 Å². The second-order valence-electron chi connectivity index (χ2n) is 8.48. The number of fused-ring (bicyclic) bond motifs is 2. The monoisotopic (exact) mass is 349 g/mol. The maximum atomic E-state index is 13.4. The first kappa shape index (κ1) is 18.7. The van der Waals surface area contributed by atoms with Crippen molar-refractivity contribution < 1.29 is 9.59 Å². The van der Waals surface area contributed by atoms with Gasteiger partial charge in [-0.05, 0) is 50.4 Å². The number of hydrogen-bond donors (Lipinski definition) is 1. The summed E-state index contributed by atoms with van der Waals surface area (Å²) in [7, 11) is 0. The number of nitrogens with two attached hydrogens (primary N) is 1. The first-order chi connectivity index (χ1) is 12.0. The van der Waals surface area contributed by atoms with Crippen molar-refractivity contribution in [2.45, 2.75) is 83.8 Å². The van der Waals surface area contributed by atoms with Crippen LogP contribution in [0.4, 0.5) is 0 Å². The molecule has 5 heteroatoms. The molecule has 0 aromatic rings. The Bertz CT molecular complexity index is 495. The summed E-state index contributed by atoms with van der Waals surface area (Å²) in [6.45, 7) is 7.28. The molecule has 3 fully saturated rings. The highest BCUT2D eigenvalue weighted by Gasteiger charge is 2.44. The minimum absolute atomic E-state index is 0.135. The molecular weight excluding hydrogens is 314 g/mol. The van der Waals surface area contributed by atoms with Crippen molar-refractivity contribution >= 4 is 11.8 Å². The van der Waals surface area contributed by atoms with Gasteiger partial charge in [-0.1, -0.05) is 20.3 Å². The van der Waals surface area contributed by atoms with Crippen molar-refractivity contribution in [3.63, 3.8) is 0 Å². The van der Waals surface area contributed by atoms with Crippen molar-refractivity contribution in [1.29, 1.82) is 0 Å². The number of nitrogens with zero attached hydrogens (tertiary/aromatic N) is 2. The van der Waals surface area contributed by atoms with Crippen LogP contribution in [0.2, 0.25) is 0 Å². The number of rotatable bonds is 3. The fraction of sp³-hybridized carbons (Fsp3) is 0.900. The van der Waals surface area contributed by atoms with Crippen molar-refractivity contribution in [2.24, 2.45) is 23.5 Å². The van der Waals surface area contributed by atoms with Crippen LogP contribution in [-0.4, -0.2) is 52.8 Å². The van der Waals surface area contributed by atoms with E-state index in [9.17, 15) is 9.59 Å². The normalized spacial score (nSPS) is 38.6. The lowest BCUT2D eigenvalue weighted by Gasteiger charge is -2.49.